The van der Waals surface area contributed by atoms with Crippen molar-refractivity contribution in [1.29, 1.82) is 0 Å². The standard InChI is InChI=1S/C36H34O3P/c1-20-11-22(3)30-18-32(24(5)15-27(30)13-20)34-17-26-9-7-8-10-29(26)35(36(34)40(37,38)39)33-19-31-23(4)12-21(2)14-28(31)16-25(33)6/h7-19,37-39H,1-6H3/q+1. The van der Waals surface area contributed by atoms with E-state index in [1.807, 2.05) is 37.3 Å². The molecule has 3 N–H and O–H groups in total. The van der Waals surface area contributed by atoms with E-state index in [-0.39, 0.29) is 5.30 Å². The Morgan fingerprint density at radius 2 is 0.975 bits per heavy atom. The molecule has 40 heavy (non-hydrogen) atoms. The summed E-state index contributed by atoms with van der Waals surface area (Å²) < 4.78 is 0. The molecule has 0 aromatic heterocycles. The first-order chi connectivity index (χ1) is 18.9. The maximum atomic E-state index is 11.1. The monoisotopic (exact) mass is 545 g/mol. The summed E-state index contributed by atoms with van der Waals surface area (Å²) in [5, 5.41) is 6.57. The number of hydrogen-bond donors (Lipinski definition) is 3. The van der Waals surface area contributed by atoms with Gasteiger partial charge in [0.05, 0.1) is 0 Å². The molecule has 6 rings (SSSR count). The van der Waals surface area contributed by atoms with Crippen LogP contribution in [-0.2, 0) is 0 Å². The fraction of sp³-hybridized carbons (Fsp3) is 0.167. The van der Waals surface area contributed by atoms with Crippen molar-refractivity contribution in [3.8, 4) is 22.3 Å². The molecule has 0 spiro atoms. The largest absolute Gasteiger partial charge is 0.442 e. The highest BCUT2D eigenvalue weighted by molar-refractivity contribution is 7.67. The third-order valence-electron chi connectivity index (χ3n) is 8.18. The Morgan fingerprint density at radius 3 is 1.55 bits per heavy atom. The minimum Gasteiger partial charge on any atom is -0.189 e. The average molecular weight is 546 g/mol. The maximum Gasteiger partial charge on any atom is 0.442 e. The van der Waals surface area contributed by atoms with E-state index < -0.39 is 7.94 Å². The van der Waals surface area contributed by atoms with Crippen molar-refractivity contribution in [2.24, 2.45) is 0 Å². The van der Waals surface area contributed by atoms with Gasteiger partial charge in [-0.15, -0.1) is 0 Å². The highest BCUT2D eigenvalue weighted by Crippen LogP contribution is 2.52. The molecule has 200 valence electrons. The number of hydrogen-bond acceptors (Lipinski definition) is 3. The Labute approximate surface area is 236 Å². The highest BCUT2D eigenvalue weighted by atomic mass is 31.2. The average Bonchev–Trinajstić information content (AvgIpc) is 2.86. The van der Waals surface area contributed by atoms with Gasteiger partial charge in [0.15, 0.2) is 5.30 Å². The predicted octanol–water partition coefficient (Wildman–Crippen LogP) is 8.70. The van der Waals surface area contributed by atoms with Crippen LogP contribution < -0.4 is 5.30 Å². The van der Waals surface area contributed by atoms with Crippen LogP contribution in [0.15, 0.2) is 78.9 Å². The minimum atomic E-state index is -4.48. The van der Waals surface area contributed by atoms with Gasteiger partial charge in [-0.1, -0.05) is 71.8 Å². The van der Waals surface area contributed by atoms with E-state index >= 15 is 0 Å². The molecule has 0 aliphatic heterocycles. The molecule has 0 heterocycles. The Kier molecular flexibility index (Phi) is 6.33. The fourth-order valence-electron chi connectivity index (χ4n) is 6.48. The normalized spacial score (nSPS) is 12.1. The van der Waals surface area contributed by atoms with Crippen LogP contribution in [0.2, 0.25) is 0 Å². The van der Waals surface area contributed by atoms with E-state index in [1.165, 1.54) is 11.1 Å². The van der Waals surface area contributed by atoms with E-state index in [4.69, 9.17) is 0 Å². The third kappa shape index (κ3) is 4.40. The van der Waals surface area contributed by atoms with Crippen molar-refractivity contribution in [3.63, 3.8) is 0 Å². The van der Waals surface area contributed by atoms with Crippen molar-refractivity contribution in [2.75, 3.05) is 0 Å². The summed E-state index contributed by atoms with van der Waals surface area (Å²) in [6.07, 6.45) is 0. The van der Waals surface area contributed by atoms with Crippen molar-refractivity contribution < 1.29 is 14.7 Å². The van der Waals surface area contributed by atoms with Gasteiger partial charge in [-0.2, -0.15) is 14.7 Å². The van der Waals surface area contributed by atoms with Crippen molar-refractivity contribution in [2.45, 2.75) is 41.5 Å². The fourth-order valence-corrected chi connectivity index (χ4v) is 7.53. The van der Waals surface area contributed by atoms with E-state index in [0.29, 0.717) is 11.1 Å². The first-order valence-corrected chi connectivity index (χ1v) is 15.2. The summed E-state index contributed by atoms with van der Waals surface area (Å²) in [4.78, 5) is 33.4. The molecule has 0 saturated heterocycles. The number of rotatable bonds is 3. The van der Waals surface area contributed by atoms with Crippen molar-refractivity contribution in [1.82, 2.24) is 0 Å². The molecule has 0 unspecified atom stereocenters. The molecule has 0 atom stereocenters. The number of fused-ring (bicyclic) bond motifs is 3. The van der Waals surface area contributed by atoms with Crippen LogP contribution >= 0.6 is 7.94 Å². The van der Waals surface area contributed by atoms with Gasteiger partial charge >= 0.3 is 7.94 Å². The topological polar surface area (TPSA) is 60.7 Å². The van der Waals surface area contributed by atoms with Gasteiger partial charge < -0.3 is 0 Å². The molecule has 0 saturated carbocycles. The van der Waals surface area contributed by atoms with Crippen molar-refractivity contribution in [3.05, 3.63) is 112 Å². The molecule has 0 radical (unpaired) electrons. The quantitative estimate of drug-likeness (QED) is 0.195. The lowest BCUT2D eigenvalue weighted by Crippen LogP contribution is -2.17. The Morgan fingerprint density at radius 1 is 0.450 bits per heavy atom. The van der Waals surface area contributed by atoms with Gasteiger partial charge in [-0.3, -0.25) is 0 Å². The van der Waals surface area contributed by atoms with Gasteiger partial charge in [-0.25, -0.2) is 0 Å². The Balaban J connectivity index is 1.78. The second-order valence-electron chi connectivity index (χ2n) is 11.4. The maximum absolute atomic E-state index is 11.1. The van der Waals surface area contributed by atoms with Crippen LogP contribution in [0, 0.1) is 41.5 Å². The van der Waals surface area contributed by atoms with E-state index in [9.17, 15) is 14.7 Å². The molecule has 3 nitrogen and oxygen atoms in total. The van der Waals surface area contributed by atoms with Gasteiger partial charge in [0.1, 0.15) is 0 Å². The van der Waals surface area contributed by atoms with Gasteiger partial charge in [0.2, 0.25) is 0 Å². The van der Waals surface area contributed by atoms with E-state index in [2.05, 4.69) is 83.1 Å². The van der Waals surface area contributed by atoms with Gasteiger partial charge in [0.25, 0.3) is 0 Å². The highest BCUT2D eigenvalue weighted by Gasteiger charge is 2.42. The molecule has 6 aromatic carbocycles. The lowest BCUT2D eigenvalue weighted by Gasteiger charge is -2.21. The second-order valence-corrected chi connectivity index (χ2v) is 13.0. The number of benzene rings is 6. The predicted molar refractivity (Wildman–Crippen MR) is 171 cm³/mol. The zero-order valence-corrected chi connectivity index (χ0v) is 24.7. The lowest BCUT2D eigenvalue weighted by molar-refractivity contribution is 0.347. The summed E-state index contributed by atoms with van der Waals surface area (Å²) in [6.45, 7) is 12.5. The van der Waals surface area contributed by atoms with Crippen molar-refractivity contribution >= 4 is 45.6 Å². The Hall–Kier alpha value is -3.59. The second kappa shape index (κ2) is 9.51. The van der Waals surface area contributed by atoms with Gasteiger partial charge in [-0.05, 0) is 125 Å². The summed E-state index contributed by atoms with van der Waals surface area (Å²) >= 11 is 0. The van der Waals surface area contributed by atoms with Gasteiger partial charge in [0, 0.05) is 11.1 Å². The van der Waals surface area contributed by atoms with Crippen LogP contribution in [0.1, 0.15) is 33.4 Å². The SMILES string of the molecule is Cc1cc(C)c2cc(-c3cc4ccccc4c(-c4cc5c(C)cc(C)cc5cc4C)c3[P+](O)(O)O)c(C)cc2c1. The number of aryl methyl sites for hydroxylation is 6. The van der Waals surface area contributed by atoms with Crippen LogP contribution in [-0.4, -0.2) is 14.7 Å². The lowest BCUT2D eigenvalue weighted by atomic mass is 9.87. The zero-order valence-electron chi connectivity index (χ0n) is 23.8. The first-order valence-electron chi connectivity index (χ1n) is 13.6. The molecular weight excluding hydrogens is 511 g/mol. The molecule has 6 aromatic rings. The third-order valence-corrected chi connectivity index (χ3v) is 9.24. The molecule has 0 amide bonds. The molecule has 0 aliphatic carbocycles. The van der Waals surface area contributed by atoms with E-state index in [0.717, 1.165) is 65.7 Å². The smallest absolute Gasteiger partial charge is 0.189 e. The summed E-state index contributed by atoms with van der Waals surface area (Å²) in [5.74, 6) is 0. The van der Waals surface area contributed by atoms with Crippen LogP contribution in [0.3, 0.4) is 0 Å². The first kappa shape index (κ1) is 26.6. The molecule has 4 heteroatoms. The van der Waals surface area contributed by atoms with Crippen LogP contribution in [0.5, 0.6) is 0 Å². The van der Waals surface area contributed by atoms with E-state index in [1.54, 1.807) is 0 Å². The zero-order chi connectivity index (χ0) is 28.5. The molecular formula is C36H34O3P+. The summed E-state index contributed by atoms with van der Waals surface area (Å²) in [6, 6.07) is 27.3. The molecule has 0 aliphatic rings. The Bertz CT molecular complexity index is 2000. The molecule has 0 fully saturated rings. The molecule has 0 bridgehead atoms. The summed E-state index contributed by atoms with van der Waals surface area (Å²) in [5.41, 5.74) is 9.84. The van der Waals surface area contributed by atoms with Crippen LogP contribution in [0.25, 0.3) is 54.6 Å². The minimum absolute atomic E-state index is 0.200. The van der Waals surface area contributed by atoms with Crippen LogP contribution in [0.4, 0.5) is 0 Å². The summed E-state index contributed by atoms with van der Waals surface area (Å²) in [7, 11) is -4.48.